The molecule has 6 rings (SSSR count). The van der Waals surface area contributed by atoms with Gasteiger partial charge in [-0.2, -0.15) is 18.3 Å². The normalized spacial score (nSPS) is 11.9. The molecular weight excluding hydrogens is 650 g/mol. The third kappa shape index (κ3) is 7.06. The molecule has 0 fully saturated rings. The summed E-state index contributed by atoms with van der Waals surface area (Å²) in [6.07, 6.45) is -3.51. The van der Waals surface area contributed by atoms with Gasteiger partial charge in [0.15, 0.2) is 5.65 Å². The first-order valence-corrected chi connectivity index (χ1v) is 14.9. The van der Waals surface area contributed by atoms with Crippen molar-refractivity contribution in [2.75, 3.05) is 32.2 Å². The van der Waals surface area contributed by atoms with Gasteiger partial charge in [0.05, 0.1) is 61.4 Å². The molecule has 0 aliphatic rings. The summed E-state index contributed by atoms with van der Waals surface area (Å²) in [5, 5.41) is 23.9. The van der Waals surface area contributed by atoms with Crippen molar-refractivity contribution in [1.29, 1.82) is 0 Å². The van der Waals surface area contributed by atoms with Crippen LogP contribution < -0.4 is 11.3 Å². The van der Waals surface area contributed by atoms with Crippen LogP contribution in [-0.2, 0) is 35.3 Å². The monoisotopic (exact) mass is 679 g/mol. The van der Waals surface area contributed by atoms with Gasteiger partial charge in [0.2, 0.25) is 0 Å². The molecule has 12 nitrogen and oxygen atoms in total. The van der Waals surface area contributed by atoms with E-state index in [-0.39, 0.29) is 95.7 Å². The summed E-state index contributed by atoms with van der Waals surface area (Å²) in [4.78, 5) is 27.4. The first kappa shape index (κ1) is 33.5. The quantitative estimate of drug-likeness (QED) is 0.126. The fourth-order valence-electron chi connectivity index (χ4n) is 5.54. The summed E-state index contributed by atoms with van der Waals surface area (Å²) < 4.78 is 69.9. The number of nitrogens with two attached hydrogens (primary N) is 1. The maximum atomic E-state index is 14.3. The molecule has 6 aromatic rings. The average Bonchev–Trinajstić information content (AvgIpc) is 3.43. The standard InChI is InChI=1S/C33H29F4N7O5/c34-22-12-21(13-23(46)14-22)29-28-30(38)39-18-40-31(28)44(42-29)16-26-41-25-7-3-5-20(17-49-11-10-48-9-8-45)27(25)32(47)43(26)15-19-4-1-2-6-24(19)33(35,36)37/h1-7,12-14,18,45-46H,8-11,15-17H2,(H2,38,39,40). The highest BCUT2D eigenvalue weighted by atomic mass is 19.4. The number of hydrogen-bond acceptors (Lipinski definition) is 10. The Morgan fingerprint density at radius 3 is 2.45 bits per heavy atom. The maximum Gasteiger partial charge on any atom is 0.416 e. The van der Waals surface area contributed by atoms with Crippen molar-refractivity contribution < 1.29 is 37.2 Å². The van der Waals surface area contributed by atoms with Crippen molar-refractivity contribution in [3.8, 4) is 17.0 Å². The highest BCUT2D eigenvalue weighted by Crippen LogP contribution is 2.34. The molecule has 0 aliphatic heterocycles. The van der Waals surface area contributed by atoms with Crippen LogP contribution in [0.1, 0.15) is 22.5 Å². The van der Waals surface area contributed by atoms with E-state index in [0.29, 0.717) is 5.56 Å². The highest BCUT2D eigenvalue weighted by Gasteiger charge is 2.33. The van der Waals surface area contributed by atoms with Gasteiger partial charge < -0.3 is 25.4 Å². The van der Waals surface area contributed by atoms with Crippen LogP contribution in [0.4, 0.5) is 23.4 Å². The van der Waals surface area contributed by atoms with Crippen LogP contribution in [0.2, 0.25) is 0 Å². The highest BCUT2D eigenvalue weighted by molar-refractivity contribution is 5.98. The van der Waals surface area contributed by atoms with Crippen LogP contribution in [-0.4, -0.2) is 65.9 Å². The second-order valence-electron chi connectivity index (χ2n) is 10.9. The van der Waals surface area contributed by atoms with E-state index in [9.17, 15) is 27.5 Å². The molecule has 3 aromatic heterocycles. The number of phenols is 1. The fraction of sp³-hybridized carbons (Fsp3) is 0.242. The molecule has 0 spiro atoms. The van der Waals surface area contributed by atoms with E-state index in [1.165, 1.54) is 35.3 Å². The number of aliphatic hydroxyl groups is 1. The minimum absolute atomic E-state index is 0.00405. The number of benzene rings is 3. The summed E-state index contributed by atoms with van der Waals surface area (Å²) in [7, 11) is 0. The number of alkyl halides is 3. The molecule has 0 radical (unpaired) electrons. The van der Waals surface area contributed by atoms with Crippen molar-refractivity contribution in [3.63, 3.8) is 0 Å². The zero-order valence-electron chi connectivity index (χ0n) is 25.7. The van der Waals surface area contributed by atoms with Gasteiger partial charge in [-0.3, -0.25) is 9.36 Å². The minimum Gasteiger partial charge on any atom is -0.508 e. The Kier molecular flexibility index (Phi) is 9.53. The number of fused-ring (bicyclic) bond motifs is 2. The number of hydrogen-bond donors (Lipinski definition) is 3. The van der Waals surface area contributed by atoms with E-state index in [1.807, 2.05) is 0 Å². The molecule has 4 N–H and O–H groups in total. The molecule has 0 atom stereocenters. The zero-order valence-corrected chi connectivity index (χ0v) is 25.7. The lowest BCUT2D eigenvalue weighted by atomic mass is 10.1. The van der Waals surface area contributed by atoms with Crippen molar-refractivity contribution in [2.45, 2.75) is 25.9 Å². The predicted molar refractivity (Wildman–Crippen MR) is 170 cm³/mol. The van der Waals surface area contributed by atoms with Crippen molar-refractivity contribution in [3.05, 3.63) is 106 Å². The molecule has 49 heavy (non-hydrogen) atoms. The zero-order chi connectivity index (χ0) is 34.7. The first-order valence-electron chi connectivity index (χ1n) is 14.9. The summed E-state index contributed by atoms with van der Waals surface area (Å²) in [6.45, 7) is -0.399. The van der Waals surface area contributed by atoms with Crippen LogP contribution in [0, 0.1) is 5.82 Å². The third-order valence-electron chi connectivity index (χ3n) is 7.67. The number of anilines is 1. The molecule has 0 saturated carbocycles. The molecule has 0 amide bonds. The smallest absolute Gasteiger partial charge is 0.416 e. The second-order valence-corrected chi connectivity index (χ2v) is 10.9. The summed E-state index contributed by atoms with van der Waals surface area (Å²) in [5.41, 5.74) is 5.68. The van der Waals surface area contributed by atoms with Gasteiger partial charge in [0.1, 0.15) is 41.8 Å². The van der Waals surface area contributed by atoms with Gasteiger partial charge >= 0.3 is 6.18 Å². The molecule has 0 unspecified atom stereocenters. The predicted octanol–water partition coefficient (Wildman–Crippen LogP) is 4.27. The Labute approximate surface area is 275 Å². The summed E-state index contributed by atoms with van der Waals surface area (Å²) >= 11 is 0. The van der Waals surface area contributed by atoms with Crippen LogP contribution in [0.25, 0.3) is 33.2 Å². The number of nitrogen functional groups attached to an aromatic ring is 1. The summed E-state index contributed by atoms with van der Waals surface area (Å²) in [6, 6.07) is 13.2. The van der Waals surface area contributed by atoms with E-state index < -0.39 is 29.7 Å². The fourth-order valence-corrected chi connectivity index (χ4v) is 5.54. The van der Waals surface area contributed by atoms with Gasteiger partial charge in [-0.25, -0.2) is 24.0 Å². The van der Waals surface area contributed by atoms with Gasteiger partial charge in [-0.15, -0.1) is 0 Å². The Hall–Kier alpha value is -5.45. The second kappa shape index (κ2) is 14.0. The Morgan fingerprint density at radius 2 is 1.67 bits per heavy atom. The maximum absolute atomic E-state index is 14.3. The first-order chi connectivity index (χ1) is 23.5. The summed E-state index contributed by atoms with van der Waals surface area (Å²) in [5.74, 6) is -1.05. The van der Waals surface area contributed by atoms with Gasteiger partial charge in [-0.05, 0) is 35.4 Å². The molecule has 3 heterocycles. The Bertz CT molecular complexity index is 2180. The van der Waals surface area contributed by atoms with Gasteiger partial charge in [-0.1, -0.05) is 30.3 Å². The Morgan fingerprint density at radius 1 is 0.898 bits per heavy atom. The average molecular weight is 680 g/mol. The van der Waals surface area contributed by atoms with Crippen LogP contribution in [0.3, 0.4) is 0 Å². The number of nitrogens with zero attached hydrogens (tertiary/aromatic N) is 6. The molecule has 254 valence electrons. The van der Waals surface area contributed by atoms with Gasteiger partial charge in [0.25, 0.3) is 5.56 Å². The largest absolute Gasteiger partial charge is 0.508 e. The van der Waals surface area contributed by atoms with E-state index in [0.717, 1.165) is 22.8 Å². The van der Waals surface area contributed by atoms with Crippen molar-refractivity contribution in [1.82, 2.24) is 29.3 Å². The molecular formula is C33H29F4N7O5. The van der Waals surface area contributed by atoms with E-state index in [4.69, 9.17) is 25.3 Å². The van der Waals surface area contributed by atoms with Crippen molar-refractivity contribution in [2.24, 2.45) is 0 Å². The number of phenolic OH excluding ortho intramolecular Hbond substituents is 1. The van der Waals surface area contributed by atoms with Gasteiger partial charge in [0, 0.05) is 11.6 Å². The number of rotatable bonds is 12. The Balaban J connectivity index is 1.50. The lowest BCUT2D eigenvalue weighted by Crippen LogP contribution is -2.29. The molecule has 0 aliphatic carbocycles. The van der Waals surface area contributed by atoms with E-state index in [1.54, 1.807) is 18.2 Å². The van der Waals surface area contributed by atoms with E-state index >= 15 is 0 Å². The number of aromatic nitrogens is 6. The van der Waals surface area contributed by atoms with Crippen LogP contribution >= 0.6 is 0 Å². The van der Waals surface area contributed by atoms with Crippen LogP contribution in [0.5, 0.6) is 5.75 Å². The van der Waals surface area contributed by atoms with Crippen LogP contribution in [0.15, 0.2) is 71.8 Å². The lowest BCUT2D eigenvalue weighted by molar-refractivity contribution is -0.138. The number of aliphatic hydroxyl groups excluding tert-OH is 1. The third-order valence-corrected chi connectivity index (χ3v) is 7.67. The molecule has 0 saturated heterocycles. The molecule has 3 aromatic carbocycles. The SMILES string of the molecule is Nc1ncnc2c1c(-c1cc(O)cc(F)c1)nn2Cc1nc2cccc(COCCOCCO)c2c(=O)n1Cc1ccccc1C(F)(F)F. The number of ether oxygens (including phenoxy) is 2. The molecule has 16 heteroatoms. The minimum atomic E-state index is -4.69. The topological polar surface area (TPSA) is 163 Å². The number of halogens is 4. The van der Waals surface area contributed by atoms with Crippen molar-refractivity contribution >= 4 is 27.8 Å². The number of aromatic hydroxyl groups is 1. The lowest BCUT2D eigenvalue weighted by Gasteiger charge is -2.18. The molecule has 0 bridgehead atoms. The van der Waals surface area contributed by atoms with E-state index in [2.05, 4.69) is 15.1 Å².